The molecule has 1 saturated carbocycles. The molecule has 0 amide bonds. The van der Waals surface area contributed by atoms with Crippen LogP contribution in [0.25, 0.3) is 0 Å². The van der Waals surface area contributed by atoms with E-state index in [9.17, 15) is 0 Å². The van der Waals surface area contributed by atoms with Crippen LogP contribution in [0.5, 0.6) is 0 Å². The van der Waals surface area contributed by atoms with Gasteiger partial charge in [-0.3, -0.25) is 9.98 Å². The van der Waals surface area contributed by atoms with Gasteiger partial charge in [0, 0.05) is 11.4 Å². The van der Waals surface area contributed by atoms with E-state index in [4.69, 9.17) is 9.98 Å². The van der Waals surface area contributed by atoms with E-state index in [1.807, 2.05) is 0 Å². The van der Waals surface area contributed by atoms with Crippen LogP contribution in [-0.2, 0) is 0 Å². The molecular weight excluding hydrogens is 244 g/mol. The molecular formula is C18H34N2. The summed E-state index contributed by atoms with van der Waals surface area (Å²) >= 11 is 0. The average molecular weight is 278 g/mol. The third-order valence-corrected chi connectivity index (χ3v) is 3.87. The van der Waals surface area contributed by atoms with E-state index in [1.54, 1.807) is 0 Å². The first kappa shape index (κ1) is 17.4. The third kappa shape index (κ3) is 6.67. The Morgan fingerprint density at radius 1 is 0.800 bits per heavy atom. The second-order valence-corrected chi connectivity index (χ2v) is 7.34. The summed E-state index contributed by atoms with van der Waals surface area (Å²) in [6.07, 6.45) is 7.32. The molecule has 0 aromatic heterocycles. The maximum absolute atomic E-state index is 5.00. The van der Waals surface area contributed by atoms with Crippen molar-refractivity contribution in [3.63, 3.8) is 0 Å². The highest BCUT2D eigenvalue weighted by Crippen LogP contribution is 2.25. The summed E-state index contributed by atoms with van der Waals surface area (Å²) in [5.41, 5.74) is 2.63. The summed E-state index contributed by atoms with van der Waals surface area (Å²) in [7, 11) is 0. The Balaban J connectivity index is 2.71. The average Bonchev–Trinajstić information content (AvgIpc) is 2.29. The van der Waals surface area contributed by atoms with Crippen LogP contribution in [0.2, 0.25) is 0 Å². The number of hydrogen-bond acceptors (Lipinski definition) is 2. The summed E-state index contributed by atoms with van der Waals surface area (Å²) in [6, 6.07) is 0.870. The van der Waals surface area contributed by atoms with Crippen LogP contribution in [0.3, 0.4) is 0 Å². The highest BCUT2D eigenvalue weighted by molar-refractivity contribution is 5.83. The van der Waals surface area contributed by atoms with Gasteiger partial charge in [-0.2, -0.15) is 0 Å². The molecule has 20 heavy (non-hydrogen) atoms. The van der Waals surface area contributed by atoms with Gasteiger partial charge in [0.15, 0.2) is 0 Å². The van der Waals surface area contributed by atoms with Gasteiger partial charge < -0.3 is 0 Å². The molecule has 1 aliphatic rings. The predicted molar refractivity (Wildman–Crippen MR) is 91.2 cm³/mol. The second-order valence-electron chi connectivity index (χ2n) is 7.34. The van der Waals surface area contributed by atoms with E-state index in [0.717, 1.165) is 12.8 Å². The lowest BCUT2D eigenvalue weighted by atomic mass is 9.90. The van der Waals surface area contributed by atoms with Gasteiger partial charge in [0.25, 0.3) is 0 Å². The number of nitrogens with zero attached hydrogens (tertiary/aromatic N) is 2. The molecule has 1 aliphatic carbocycles. The molecule has 0 aromatic carbocycles. The summed E-state index contributed by atoms with van der Waals surface area (Å²) < 4.78 is 0. The van der Waals surface area contributed by atoms with Crippen molar-refractivity contribution in [2.45, 2.75) is 92.2 Å². The van der Waals surface area contributed by atoms with Crippen LogP contribution < -0.4 is 0 Å². The molecule has 0 N–H and O–H groups in total. The molecule has 0 saturated heterocycles. The van der Waals surface area contributed by atoms with Gasteiger partial charge in [-0.25, -0.2) is 0 Å². The van der Waals surface area contributed by atoms with Gasteiger partial charge in [0.2, 0.25) is 0 Å². The van der Waals surface area contributed by atoms with Gasteiger partial charge in [0.1, 0.15) is 0 Å². The smallest absolute Gasteiger partial charge is 0.0722 e. The molecule has 1 rings (SSSR count). The zero-order valence-electron chi connectivity index (χ0n) is 14.4. The number of rotatable bonds is 6. The minimum absolute atomic E-state index is 0.435. The zero-order chi connectivity index (χ0) is 15.1. The van der Waals surface area contributed by atoms with Gasteiger partial charge >= 0.3 is 0 Å². The second kappa shape index (κ2) is 8.59. The Morgan fingerprint density at radius 2 is 1.15 bits per heavy atom. The van der Waals surface area contributed by atoms with Crippen LogP contribution in [0.4, 0.5) is 0 Å². The van der Waals surface area contributed by atoms with Crippen molar-refractivity contribution in [1.29, 1.82) is 0 Å². The van der Waals surface area contributed by atoms with E-state index in [1.165, 1.54) is 37.1 Å². The molecule has 0 spiro atoms. The first-order valence-corrected chi connectivity index (χ1v) is 8.45. The van der Waals surface area contributed by atoms with Crippen molar-refractivity contribution in [2.24, 2.45) is 21.8 Å². The van der Waals surface area contributed by atoms with Crippen LogP contribution in [0.1, 0.15) is 80.1 Å². The minimum atomic E-state index is 0.435. The highest BCUT2D eigenvalue weighted by atomic mass is 14.9. The fraction of sp³-hybridized carbons (Fsp3) is 0.889. The fourth-order valence-electron chi connectivity index (χ4n) is 3.25. The van der Waals surface area contributed by atoms with Crippen LogP contribution in [0, 0.1) is 11.8 Å². The standard InChI is InChI=1S/C18H34N2/c1-13(2)11-15(5)19-17-9-7-8-10-18(17)20-16(6)12-14(3)4/h13-14,17-18H,7-12H2,1-6H3. The molecule has 0 bridgehead atoms. The Morgan fingerprint density at radius 3 is 1.45 bits per heavy atom. The molecule has 2 unspecified atom stereocenters. The van der Waals surface area contributed by atoms with Crippen molar-refractivity contribution in [3.8, 4) is 0 Å². The highest BCUT2D eigenvalue weighted by Gasteiger charge is 2.24. The topological polar surface area (TPSA) is 24.7 Å². The fourth-order valence-corrected chi connectivity index (χ4v) is 3.25. The summed E-state index contributed by atoms with van der Waals surface area (Å²) in [6.45, 7) is 13.4. The van der Waals surface area contributed by atoms with Crippen LogP contribution >= 0.6 is 0 Å². The van der Waals surface area contributed by atoms with Crippen molar-refractivity contribution < 1.29 is 0 Å². The largest absolute Gasteiger partial charge is 0.289 e. The van der Waals surface area contributed by atoms with E-state index in [0.29, 0.717) is 23.9 Å². The first-order valence-electron chi connectivity index (χ1n) is 8.45. The van der Waals surface area contributed by atoms with Crippen molar-refractivity contribution >= 4 is 11.4 Å². The van der Waals surface area contributed by atoms with Crippen molar-refractivity contribution in [3.05, 3.63) is 0 Å². The lowest BCUT2D eigenvalue weighted by molar-refractivity contribution is 0.386. The van der Waals surface area contributed by atoms with Gasteiger partial charge in [-0.05, 0) is 51.4 Å². The van der Waals surface area contributed by atoms with Gasteiger partial charge in [-0.1, -0.05) is 40.5 Å². The molecule has 0 aromatic rings. The van der Waals surface area contributed by atoms with Crippen molar-refractivity contribution in [1.82, 2.24) is 0 Å². The van der Waals surface area contributed by atoms with Gasteiger partial charge in [0.05, 0.1) is 12.1 Å². The Labute approximate surface area is 126 Å². The Bertz CT molecular complexity index is 305. The van der Waals surface area contributed by atoms with Gasteiger partial charge in [-0.15, -0.1) is 0 Å². The Kier molecular flexibility index (Phi) is 7.47. The van der Waals surface area contributed by atoms with E-state index in [2.05, 4.69) is 41.5 Å². The van der Waals surface area contributed by atoms with E-state index >= 15 is 0 Å². The molecule has 2 atom stereocenters. The summed E-state index contributed by atoms with van der Waals surface area (Å²) in [5.74, 6) is 1.40. The number of aliphatic imine (C=N–C) groups is 2. The molecule has 2 heteroatoms. The molecule has 0 radical (unpaired) electrons. The third-order valence-electron chi connectivity index (χ3n) is 3.87. The maximum Gasteiger partial charge on any atom is 0.0722 e. The van der Waals surface area contributed by atoms with Crippen LogP contribution in [-0.4, -0.2) is 23.5 Å². The minimum Gasteiger partial charge on any atom is -0.289 e. The zero-order valence-corrected chi connectivity index (χ0v) is 14.4. The molecule has 0 heterocycles. The number of hydrogen-bond donors (Lipinski definition) is 0. The van der Waals surface area contributed by atoms with E-state index < -0.39 is 0 Å². The van der Waals surface area contributed by atoms with Crippen molar-refractivity contribution in [2.75, 3.05) is 0 Å². The molecule has 2 nitrogen and oxygen atoms in total. The lowest BCUT2D eigenvalue weighted by Crippen LogP contribution is -2.29. The molecule has 0 aliphatic heterocycles. The lowest BCUT2D eigenvalue weighted by Gasteiger charge is -2.27. The summed E-state index contributed by atoms with van der Waals surface area (Å²) in [4.78, 5) is 10.00. The monoisotopic (exact) mass is 278 g/mol. The predicted octanol–water partition coefficient (Wildman–Crippen LogP) is 5.31. The molecule has 116 valence electrons. The van der Waals surface area contributed by atoms with Crippen LogP contribution in [0.15, 0.2) is 9.98 Å². The quantitative estimate of drug-likeness (QED) is 0.588. The summed E-state index contributed by atoms with van der Waals surface area (Å²) in [5, 5.41) is 0. The normalized spacial score (nSPS) is 25.6. The Hall–Kier alpha value is -0.660. The first-order chi connectivity index (χ1) is 9.38. The SMILES string of the molecule is CC(CC(C)C)=NC1CCCCC1N=C(C)CC(C)C. The molecule has 1 fully saturated rings. The van der Waals surface area contributed by atoms with E-state index in [-0.39, 0.29) is 0 Å². The maximum atomic E-state index is 5.00.